The molecule has 0 saturated heterocycles. The zero-order valence-electron chi connectivity index (χ0n) is 22.0. The molecular weight excluding hydrogens is 476 g/mol. The summed E-state index contributed by atoms with van der Waals surface area (Å²) in [5, 5.41) is 6.28. The minimum Gasteiger partial charge on any atom is -0.451 e. The normalized spacial score (nSPS) is 12.9. The van der Waals surface area contributed by atoms with Crippen LogP contribution in [0.25, 0.3) is 16.4 Å². The maximum Gasteiger partial charge on any atom is 0.441 e. The van der Waals surface area contributed by atoms with Gasteiger partial charge in [0.05, 0.1) is 6.04 Å². The van der Waals surface area contributed by atoms with Gasteiger partial charge in [-0.25, -0.2) is 4.79 Å². The highest BCUT2D eigenvalue weighted by molar-refractivity contribution is 6.62. The summed E-state index contributed by atoms with van der Waals surface area (Å²) in [5.74, 6) is -2.72. The second-order valence-electron chi connectivity index (χ2n) is 10.3. The van der Waals surface area contributed by atoms with E-state index in [2.05, 4.69) is 20.4 Å². The molecule has 0 bridgehead atoms. The van der Waals surface area contributed by atoms with Gasteiger partial charge in [-0.1, -0.05) is 32.0 Å². The Labute approximate surface area is 216 Å². The third kappa shape index (κ3) is 8.96. The standard InChI is InChI=1S/C26H36N6O5/c1-15(2)12-20(24(35)29-11-10-21(33)22(32-28)25(36)37-26(3,4)5)31-23(34)18(27)13-16-14-30-19-9-7-6-8-17(16)19/h6-9,14-15,18,20,30H,10-13,27H2,1-5H3,(H,29,35)(H,31,34)/t18-,20-/m0/s1. The van der Waals surface area contributed by atoms with Crippen molar-refractivity contribution in [3.05, 3.63) is 41.6 Å². The van der Waals surface area contributed by atoms with Crippen LogP contribution in [-0.4, -0.2) is 63.3 Å². The van der Waals surface area contributed by atoms with Gasteiger partial charge in [0.25, 0.3) is 5.78 Å². The van der Waals surface area contributed by atoms with Gasteiger partial charge < -0.3 is 31.6 Å². The summed E-state index contributed by atoms with van der Waals surface area (Å²) >= 11 is 0. The van der Waals surface area contributed by atoms with Crippen molar-refractivity contribution in [3.63, 3.8) is 0 Å². The summed E-state index contributed by atoms with van der Waals surface area (Å²) in [5.41, 5.74) is 15.4. The molecule has 5 N–H and O–H groups in total. The highest BCUT2D eigenvalue weighted by atomic mass is 16.6. The summed E-state index contributed by atoms with van der Waals surface area (Å²) in [7, 11) is 0. The van der Waals surface area contributed by atoms with Gasteiger partial charge in [-0.3, -0.25) is 14.4 Å². The second kappa shape index (κ2) is 12.9. The fourth-order valence-electron chi connectivity index (χ4n) is 3.69. The lowest BCUT2D eigenvalue weighted by Crippen LogP contribution is -2.52. The first-order valence-corrected chi connectivity index (χ1v) is 12.2. The number of ketones is 1. The van der Waals surface area contributed by atoms with Crippen molar-refractivity contribution < 1.29 is 28.7 Å². The van der Waals surface area contributed by atoms with Crippen molar-refractivity contribution in [3.8, 4) is 0 Å². The van der Waals surface area contributed by atoms with Gasteiger partial charge in [0.1, 0.15) is 11.6 Å². The third-order valence-corrected chi connectivity index (χ3v) is 5.40. The van der Waals surface area contributed by atoms with E-state index < -0.39 is 47.0 Å². The lowest BCUT2D eigenvalue weighted by Gasteiger charge is -2.22. The molecule has 0 spiro atoms. The molecule has 11 nitrogen and oxygen atoms in total. The lowest BCUT2D eigenvalue weighted by molar-refractivity contribution is -0.152. The van der Waals surface area contributed by atoms with Crippen LogP contribution in [0.5, 0.6) is 0 Å². The van der Waals surface area contributed by atoms with Crippen LogP contribution in [-0.2, 0) is 30.3 Å². The number of carbonyl (C=O) groups is 4. The van der Waals surface area contributed by atoms with E-state index in [1.807, 2.05) is 44.3 Å². The molecule has 2 atom stereocenters. The number of Topliss-reactive ketones (excluding diaryl/α,β-unsaturated/α-hetero) is 1. The Morgan fingerprint density at radius 3 is 2.43 bits per heavy atom. The van der Waals surface area contributed by atoms with E-state index in [1.165, 1.54) is 0 Å². The van der Waals surface area contributed by atoms with Crippen molar-refractivity contribution in [2.45, 2.75) is 71.6 Å². The number of nitrogens with two attached hydrogens (primary N) is 1. The lowest BCUT2D eigenvalue weighted by atomic mass is 10.0. The molecule has 2 aromatic rings. The van der Waals surface area contributed by atoms with E-state index in [0.29, 0.717) is 6.42 Å². The molecule has 0 fully saturated rings. The SMILES string of the molecule is CC(C)C[C@H](NC(=O)[C@@H](N)Cc1c[nH]c2ccccc12)C(=O)NCCC(=O)C(=[N+]=[N-])C(=O)OC(C)(C)C. The zero-order valence-corrected chi connectivity index (χ0v) is 22.0. The van der Waals surface area contributed by atoms with E-state index in [-0.39, 0.29) is 25.3 Å². The fourth-order valence-corrected chi connectivity index (χ4v) is 3.69. The largest absolute Gasteiger partial charge is 0.451 e. The summed E-state index contributed by atoms with van der Waals surface area (Å²) in [6.45, 7) is 8.52. The summed E-state index contributed by atoms with van der Waals surface area (Å²) in [6.07, 6.45) is 2.15. The molecule has 37 heavy (non-hydrogen) atoms. The van der Waals surface area contributed by atoms with Crippen LogP contribution in [0.15, 0.2) is 30.5 Å². The predicted octanol–water partition coefficient (Wildman–Crippen LogP) is 1.66. The van der Waals surface area contributed by atoms with Crippen LogP contribution in [0.4, 0.5) is 0 Å². The van der Waals surface area contributed by atoms with Crippen molar-refractivity contribution in [1.29, 1.82) is 0 Å². The van der Waals surface area contributed by atoms with Gasteiger partial charge in [0.2, 0.25) is 11.8 Å². The average Bonchev–Trinajstić information content (AvgIpc) is 3.20. The number of hydrogen-bond acceptors (Lipinski definition) is 6. The Hall–Kier alpha value is -3.82. The second-order valence-corrected chi connectivity index (χ2v) is 10.3. The van der Waals surface area contributed by atoms with Gasteiger partial charge >= 0.3 is 11.7 Å². The average molecular weight is 513 g/mol. The molecular formula is C26H36N6O5. The van der Waals surface area contributed by atoms with Crippen LogP contribution in [0.2, 0.25) is 0 Å². The predicted molar refractivity (Wildman–Crippen MR) is 138 cm³/mol. The summed E-state index contributed by atoms with van der Waals surface area (Å²) in [4.78, 5) is 55.9. The van der Waals surface area contributed by atoms with Gasteiger partial charge in [0.15, 0.2) is 0 Å². The van der Waals surface area contributed by atoms with E-state index >= 15 is 0 Å². The number of aromatic amines is 1. The van der Waals surface area contributed by atoms with Crippen molar-refractivity contribution in [2.24, 2.45) is 11.7 Å². The molecule has 0 aliphatic rings. The third-order valence-electron chi connectivity index (χ3n) is 5.40. The number of esters is 1. The molecule has 1 aromatic heterocycles. The molecule has 2 rings (SSSR count). The maximum absolute atomic E-state index is 12.8. The number of benzene rings is 1. The molecule has 200 valence electrons. The molecule has 1 heterocycles. The topological polar surface area (TPSA) is 180 Å². The smallest absolute Gasteiger partial charge is 0.441 e. The maximum atomic E-state index is 12.8. The number of para-hydroxylation sites is 1. The molecule has 2 amide bonds. The number of H-pyrrole nitrogens is 1. The Bertz CT molecular complexity index is 1190. The van der Waals surface area contributed by atoms with Crippen molar-refractivity contribution in [1.82, 2.24) is 15.6 Å². The van der Waals surface area contributed by atoms with Gasteiger partial charge in [-0.05, 0) is 51.2 Å². The molecule has 0 saturated carbocycles. The monoisotopic (exact) mass is 512 g/mol. The first kappa shape index (κ1) is 29.4. The Morgan fingerprint density at radius 2 is 1.81 bits per heavy atom. The Morgan fingerprint density at radius 1 is 1.14 bits per heavy atom. The van der Waals surface area contributed by atoms with E-state index in [4.69, 9.17) is 16.0 Å². The number of amides is 2. The van der Waals surface area contributed by atoms with Gasteiger partial charge in [0, 0.05) is 30.1 Å². The van der Waals surface area contributed by atoms with Crippen molar-refractivity contribution >= 4 is 40.2 Å². The number of hydrogen-bond donors (Lipinski definition) is 4. The molecule has 1 aromatic carbocycles. The minimum atomic E-state index is -1.06. The molecule has 0 aliphatic heterocycles. The Kier molecular flexibility index (Phi) is 10.3. The quantitative estimate of drug-likeness (QED) is 0.110. The number of nitrogens with zero attached hydrogens (tertiary/aromatic N) is 2. The van der Waals surface area contributed by atoms with Crippen LogP contribution < -0.4 is 16.4 Å². The first-order valence-electron chi connectivity index (χ1n) is 12.2. The van der Waals surface area contributed by atoms with Crippen LogP contribution in [0, 0.1) is 5.92 Å². The minimum absolute atomic E-state index is 0.0859. The van der Waals surface area contributed by atoms with Gasteiger partial charge in [-0.15, -0.1) is 0 Å². The molecule has 0 aliphatic carbocycles. The van der Waals surface area contributed by atoms with Crippen molar-refractivity contribution in [2.75, 3.05) is 6.54 Å². The number of fused-ring (bicyclic) bond motifs is 1. The van der Waals surface area contributed by atoms with Gasteiger partial charge in [-0.2, -0.15) is 4.79 Å². The van der Waals surface area contributed by atoms with Crippen LogP contribution >= 0.6 is 0 Å². The number of carbonyl (C=O) groups excluding carboxylic acids is 4. The zero-order chi connectivity index (χ0) is 27.8. The van der Waals surface area contributed by atoms with E-state index in [1.54, 1.807) is 20.8 Å². The highest BCUT2D eigenvalue weighted by Gasteiger charge is 2.34. The van der Waals surface area contributed by atoms with E-state index in [0.717, 1.165) is 16.5 Å². The van der Waals surface area contributed by atoms with Crippen LogP contribution in [0.1, 0.15) is 53.0 Å². The molecule has 0 radical (unpaired) electrons. The van der Waals surface area contributed by atoms with E-state index in [9.17, 15) is 19.2 Å². The highest BCUT2D eigenvalue weighted by Crippen LogP contribution is 2.19. The molecule has 0 unspecified atom stereocenters. The van der Waals surface area contributed by atoms with Crippen LogP contribution in [0.3, 0.4) is 0 Å². The summed E-state index contributed by atoms with van der Waals surface area (Å²) < 4.78 is 5.05. The Balaban J connectivity index is 1.95. The summed E-state index contributed by atoms with van der Waals surface area (Å²) in [6, 6.07) is 5.95. The number of rotatable bonds is 12. The number of aromatic nitrogens is 1. The fraction of sp³-hybridized carbons (Fsp3) is 0.500. The number of nitrogens with one attached hydrogen (secondary N) is 3. The first-order chi connectivity index (χ1) is 17.3. The number of ether oxygens (including phenoxy) is 1. The molecule has 11 heteroatoms.